The first-order valence-electron chi connectivity index (χ1n) is 6.92. The van der Waals surface area contributed by atoms with Crippen LogP contribution in [-0.2, 0) is 9.53 Å². The molecule has 1 rings (SSSR count). The van der Waals surface area contributed by atoms with Crippen molar-refractivity contribution in [3.63, 3.8) is 0 Å². The SMILES string of the molecule is CCCOC1(C(=O)CC)CCCCCCC1. The summed E-state index contributed by atoms with van der Waals surface area (Å²) in [5, 5.41) is 0. The van der Waals surface area contributed by atoms with Gasteiger partial charge in [-0.15, -0.1) is 0 Å². The van der Waals surface area contributed by atoms with Crippen LogP contribution in [-0.4, -0.2) is 18.0 Å². The molecule has 0 radical (unpaired) electrons. The number of carbonyl (C=O) groups is 1. The van der Waals surface area contributed by atoms with Crippen molar-refractivity contribution in [3.05, 3.63) is 0 Å². The molecule has 1 fully saturated rings. The normalized spacial score (nSPS) is 21.1. The maximum atomic E-state index is 12.1. The highest BCUT2D eigenvalue weighted by molar-refractivity contribution is 5.87. The Labute approximate surface area is 99.8 Å². The second kappa shape index (κ2) is 7.05. The summed E-state index contributed by atoms with van der Waals surface area (Å²) in [7, 11) is 0. The summed E-state index contributed by atoms with van der Waals surface area (Å²) in [6.45, 7) is 4.79. The third kappa shape index (κ3) is 3.58. The third-order valence-electron chi connectivity index (χ3n) is 3.57. The molecular weight excluding hydrogens is 200 g/mol. The first-order valence-corrected chi connectivity index (χ1v) is 6.92. The van der Waals surface area contributed by atoms with Gasteiger partial charge in [0.25, 0.3) is 0 Å². The largest absolute Gasteiger partial charge is 0.367 e. The van der Waals surface area contributed by atoms with Crippen molar-refractivity contribution in [3.8, 4) is 0 Å². The molecule has 0 atom stereocenters. The van der Waals surface area contributed by atoms with Gasteiger partial charge in [-0.1, -0.05) is 46.0 Å². The van der Waals surface area contributed by atoms with Crippen LogP contribution in [0.2, 0.25) is 0 Å². The van der Waals surface area contributed by atoms with Crippen LogP contribution >= 0.6 is 0 Å². The molecule has 0 unspecified atom stereocenters. The van der Waals surface area contributed by atoms with E-state index in [0.29, 0.717) is 12.2 Å². The van der Waals surface area contributed by atoms with E-state index in [2.05, 4.69) is 6.92 Å². The van der Waals surface area contributed by atoms with E-state index < -0.39 is 5.60 Å². The first-order chi connectivity index (χ1) is 7.75. The Morgan fingerprint density at radius 1 is 1.06 bits per heavy atom. The number of Topliss-reactive ketones (excluding diaryl/α,β-unsaturated/α-hetero) is 1. The molecule has 1 saturated carbocycles. The van der Waals surface area contributed by atoms with E-state index in [4.69, 9.17) is 4.74 Å². The van der Waals surface area contributed by atoms with Crippen molar-refractivity contribution in [1.82, 2.24) is 0 Å². The van der Waals surface area contributed by atoms with Gasteiger partial charge in [-0.2, -0.15) is 0 Å². The molecule has 0 saturated heterocycles. The molecule has 0 spiro atoms. The smallest absolute Gasteiger partial charge is 0.164 e. The van der Waals surface area contributed by atoms with E-state index in [1.54, 1.807) is 0 Å². The number of hydrogen-bond acceptors (Lipinski definition) is 2. The quantitative estimate of drug-likeness (QED) is 0.711. The van der Waals surface area contributed by atoms with Crippen molar-refractivity contribution >= 4 is 5.78 Å². The van der Waals surface area contributed by atoms with Crippen LogP contribution in [0.25, 0.3) is 0 Å². The minimum Gasteiger partial charge on any atom is -0.367 e. The number of rotatable bonds is 5. The Morgan fingerprint density at radius 3 is 2.12 bits per heavy atom. The van der Waals surface area contributed by atoms with Crippen molar-refractivity contribution < 1.29 is 9.53 Å². The van der Waals surface area contributed by atoms with Crippen LogP contribution in [0.1, 0.15) is 71.6 Å². The first kappa shape index (κ1) is 13.7. The molecule has 0 N–H and O–H groups in total. The third-order valence-corrected chi connectivity index (χ3v) is 3.57. The number of ketones is 1. The summed E-state index contributed by atoms with van der Waals surface area (Å²) in [6, 6.07) is 0. The standard InChI is InChI=1S/C14H26O2/c1-3-12-16-14(13(15)4-2)10-8-6-5-7-9-11-14/h3-12H2,1-2H3. The van der Waals surface area contributed by atoms with Gasteiger partial charge in [0.05, 0.1) is 0 Å². The van der Waals surface area contributed by atoms with Gasteiger partial charge in [-0.05, 0) is 19.3 Å². The van der Waals surface area contributed by atoms with Gasteiger partial charge >= 0.3 is 0 Å². The zero-order valence-electron chi connectivity index (χ0n) is 10.9. The van der Waals surface area contributed by atoms with Gasteiger partial charge in [-0.3, -0.25) is 4.79 Å². The lowest BCUT2D eigenvalue weighted by Gasteiger charge is -2.34. The van der Waals surface area contributed by atoms with Gasteiger partial charge in [0, 0.05) is 13.0 Å². The summed E-state index contributed by atoms with van der Waals surface area (Å²) in [4.78, 5) is 12.1. The molecule has 0 aliphatic heterocycles. The van der Waals surface area contributed by atoms with Gasteiger partial charge in [0.2, 0.25) is 0 Å². The van der Waals surface area contributed by atoms with Crippen LogP contribution in [0.4, 0.5) is 0 Å². The summed E-state index contributed by atoms with van der Waals surface area (Å²) in [5.74, 6) is 0.322. The Bertz CT molecular complexity index is 197. The summed E-state index contributed by atoms with van der Waals surface area (Å²) in [6.07, 6.45) is 9.64. The predicted molar refractivity (Wildman–Crippen MR) is 66.6 cm³/mol. The number of carbonyl (C=O) groups excluding carboxylic acids is 1. The Morgan fingerprint density at radius 2 is 1.62 bits per heavy atom. The van der Waals surface area contributed by atoms with E-state index in [9.17, 15) is 4.79 Å². The summed E-state index contributed by atoms with van der Waals surface area (Å²) in [5.41, 5.74) is -0.425. The fourth-order valence-corrected chi connectivity index (χ4v) is 2.60. The van der Waals surface area contributed by atoms with Crippen LogP contribution in [0.3, 0.4) is 0 Å². The zero-order chi connectivity index (χ0) is 11.9. The van der Waals surface area contributed by atoms with E-state index in [1.165, 1.54) is 19.3 Å². The minimum absolute atomic E-state index is 0.322. The van der Waals surface area contributed by atoms with Gasteiger partial charge < -0.3 is 4.74 Å². The van der Waals surface area contributed by atoms with Crippen LogP contribution in [0.5, 0.6) is 0 Å². The number of hydrogen-bond donors (Lipinski definition) is 0. The maximum Gasteiger partial charge on any atom is 0.164 e. The molecular formula is C14H26O2. The molecule has 1 aliphatic carbocycles. The molecule has 2 heteroatoms. The lowest BCUT2D eigenvalue weighted by atomic mass is 9.82. The average Bonchev–Trinajstić information content (AvgIpc) is 2.27. The fraction of sp³-hybridized carbons (Fsp3) is 0.929. The maximum absolute atomic E-state index is 12.1. The molecule has 1 aliphatic rings. The van der Waals surface area contributed by atoms with Gasteiger partial charge in [0.1, 0.15) is 5.60 Å². The van der Waals surface area contributed by atoms with Crippen molar-refractivity contribution in [2.75, 3.05) is 6.61 Å². The minimum atomic E-state index is -0.425. The van der Waals surface area contributed by atoms with Gasteiger partial charge in [0.15, 0.2) is 5.78 Å². The molecule has 2 nitrogen and oxygen atoms in total. The topological polar surface area (TPSA) is 26.3 Å². The summed E-state index contributed by atoms with van der Waals surface area (Å²) >= 11 is 0. The van der Waals surface area contributed by atoms with E-state index in [1.807, 2.05) is 6.92 Å². The number of ether oxygens (including phenoxy) is 1. The van der Waals surface area contributed by atoms with E-state index in [-0.39, 0.29) is 0 Å². The van der Waals surface area contributed by atoms with Crippen LogP contribution in [0.15, 0.2) is 0 Å². The molecule has 0 amide bonds. The summed E-state index contributed by atoms with van der Waals surface area (Å²) < 4.78 is 5.96. The zero-order valence-corrected chi connectivity index (χ0v) is 10.9. The Kier molecular flexibility index (Phi) is 6.04. The van der Waals surface area contributed by atoms with Crippen LogP contribution in [0, 0.1) is 0 Å². The van der Waals surface area contributed by atoms with Crippen molar-refractivity contribution in [2.45, 2.75) is 77.2 Å². The lowest BCUT2D eigenvalue weighted by molar-refractivity contribution is -0.148. The molecule has 94 valence electrons. The highest BCUT2D eigenvalue weighted by atomic mass is 16.5. The molecule has 0 bridgehead atoms. The molecule has 0 aromatic carbocycles. The second-order valence-electron chi connectivity index (χ2n) is 4.89. The fourth-order valence-electron chi connectivity index (χ4n) is 2.60. The lowest BCUT2D eigenvalue weighted by Crippen LogP contribution is -2.42. The highest BCUT2D eigenvalue weighted by Crippen LogP contribution is 2.31. The van der Waals surface area contributed by atoms with Crippen molar-refractivity contribution in [1.29, 1.82) is 0 Å². The van der Waals surface area contributed by atoms with Crippen molar-refractivity contribution in [2.24, 2.45) is 0 Å². The predicted octanol–water partition coefficient (Wildman–Crippen LogP) is 3.88. The average molecular weight is 226 g/mol. The van der Waals surface area contributed by atoms with Crippen LogP contribution < -0.4 is 0 Å². The highest BCUT2D eigenvalue weighted by Gasteiger charge is 2.37. The molecule has 0 heterocycles. The molecule has 16 heavy (non-hydrogen) atoms. The van der Waals surface area contributed by atoms with E-state index in [0.717, 1.165) is 38.7 Å². The van der Waals surface area contributed by atoms with Gasteiger partial charge in [-0.25, -0.2) is 0 Å². The second-order valence-corrected chi connectivity index (χ2v) is 4.89. The Hall–Kier alpha value is -0.370. The monoisotopic (exact) mass is 226 g/mol. The van der Waals surface area contributed by atoms with E-state index >= 15 is 0 Å². The Balaban J connectivity index is 2.68. The molecule has 0 aromatic heterocycles. The molecule has 0 aromatic rings.